The second kappa shape index (κ2) is 4.36. The van der Waals surface area contributed by atoms with Crippen molar-refractivity contribution in [2.45, 2.75) is 30.3 Å². The topological polar surface area (TPSA) is 63.4 Å². The van der Waals surface area contributed by atoms with E-state index in [-0.39, 0.29) is 17.5 Å². The quantitative estimate of drug-likeness (QED) is 0.878. The van der Waals surface area contributed by atoms with Gasteiger partial charge >= 0.3 is 0 Å². The minimum Gasteiger partial charge on any atom is -0.326 e. The molecule has 0 spiro atoms. The zero-order valence-electron chi connectivity index (χ0n) is 9.56. The number of rotatable bonds is 4. The average Bonchev–Trinajstić information content (AvgIpc) is 3.11. The third-order valence-corrected chi connectivity index (χ3v) is 4.89. The lowest BCUT2D eigenvalue weighted by molar-refractivity contribution is 0.457. The fourth-order valence-corrected chi connectivity index (χ4v) is 3.13. The third-order valence-electron chi connectivity index (χ3n) is 2.95. The van der Waals surface area contributed by atoms with E-state index < -0.39 is 15.8 Å². The summed E-state index contributed by atoms with van der Waals surface area (Å²) in [4.78, 5) is -0.274. The number of sulfonamides is 1. The SMILES string of the molecule is CN(C1CC1)S(=O)(=O)c1ccc(CN)cc1F. The first-order chi connectivity index (χ1) is 7.96. The Labute approximate surface area is 100 Å². The standard InChI is InChI=1S/C11H15FN2O2S/c1-14(9-3-4-9)17(15,16)11-5-2-8(7-13)6-10(11)12/h2,5-6,9H,3-4,7,13H2,1H3. The highest BCUT2D eigenvalue weighted by atomic mass is 32.2. The maximum Gasteiger partial charge on any atom is 0.245 e. The van der Waals surface area contributed by atoms with Gasteiger partial charge in [-0.3, -0.25) is 0 Å². The Kier molecular flexibility index (Phi) is 3.20. The van der Waals surface area contributed by atoms with Crippen molar-refractivity contribution in [2.24, 2.45) is 5.73 Å². The first-order valence-electron chi connectivity index (χ1n) is 5.43. The Morgan fingerprint density at radius 1 is 1.47 bits per heavy atom. The van der Waals surface area contributed by atoms with Crippen molar-refractivity contribution < 1.29 is 12.8 Å². The van der Waals surface area contributed by atoms with Crippen molar-refractivity contribution in [3.63, 3.8) is 0 Å². The Balaban J connectivity index is 2.39. The van der Waals surface area contributed by atoms with E-state index in [1.54, 1.807) is 0 Å². The number of hydrogen-bond donors (Lipinski definition) is 1. The number of hydrogen-bond acceptors (Lipinski definition) is 3. The molecule has 2 rings (SSSR count). The van der Waals surface area contributed by atoms with Gasteiger partial charge in [-0.2, -0.15) is 4.31 Å². The molecule has 0 aromatic heterocycles. The van der Waals surface area contributed by atoms with Crippen LogP contribution in [0.3, 0.4) is 0 Å². The van der Waals surface area contributed by atoms with Crippen LogP contribution in [0.15, 0.2) is 23.1 Å². The van der Waals surface area contributed by atoms with Gasteiger partial charge in [0.2, 0.25) is 10.0 Å². The summed E-state index contributed by atoms with van der Waals surface area (Å²) in [5.74, 6) is -0.736. The maximum absolute atomic E-state index is 13.7. The van der Waals surface area contributed by atoms with Crippen LogP contribution in [-0.2, 0) is 16.6 Å². The first-order valence-corrected chi connectivity index (χ1v) is 6.87. The van der Waals surface area contributed by atoms with Gasteiger partial charge in [-0.1, -0.05) is 6.07 Å². The monoisotopic (exact) mass is 258 g/mol. The van der Waals surface area contributed by atoms with E-state index in [1.807, 2.05) is 0 Å². The average molecular weight is 258 g/mol. The second-order valence-electron chi connectivity index (χ2n) is 4.22. The van der Waals surface area contributed by atoms with Crippen LogP contribution in [-0.4, -0.2) is 25.8 Å². The summed E-state index contributed by atoms with van der Waals surface area (Å²) in [6, 6.07) is 4.02. The van der Waals surface area contributed by atoms with Crippen LogP contribution in [0.2, 0.25) is 0 Å². The summed E-state index contributed by atoms with van der Waals surface area (Å²) in [6.45, 7) is 0.190. The zero-order valence-corrected chi connectivity index (χ0v) is 10.4. The number of halogens is 1. The molecule has 1 aromatic rings. The number of benzene rings is 1. The van der Waals surface area contributed by atoms with Gasteiger partial charge in [0.25, 0.3) is 0 Å². The summed E-state index contributed by atoms with van der Waals surface area (Å²) in [5, 5.41) is 0. The van der Waals surface area contributed by atoms with Crippen molar-refractivity contribution in [3.05, 3.63) is 29.6 Å². The maximum atomic E-state index is 13.7. The molecule has 6 heteroatoms. The minimum absolute atomic E-state index is 0.0218. The van der Waals surface area contributed by atoms with E-state index in [4.69, 9.17) is 5.73 Å². The van der Waals surface area contributed by atoms with Gasteiger partial charge < -0.3 is 5.73 Å². The molecule has 1 aromatic carbocycles. The number of nitrogens with zero attached hydrogens (tertiary/aromatic N) is 1. The van der Waals surface area contributed by atoms with Crippen LogP contribution >= 0.6 is 0 Å². The summed E-state index contributed by atoms with van der Waals surface area (Å²) in [6.07, 6.45) is 1.69. The largest absolute Gasteiger partial charge is 0.326 e. The molecule has 94 valence electrons. The van der Waals surface area contributed by atoms with Crippen molar-refractivity contribution in [1.82, 2.24) is 4.31 Å². The molecule has 0 amide bonds. The highest BCUT2D eigenvalue weighted by Crippen LogP contribution is 2.31. The molecule has 1 fully saturated rings. The highest BCUT2D eigenvalue weighted by Gasteiger charge is 2.36. The fourth-order valence-electron chi connectivity index (χ4n) is 1.67. The van der Waals surface area contributed by atoms with Crippen LogP contribution in [0, 0.1) is 5.82 Å². The van der Waals surface area contributed by atoms with E-state index in [1.165, 1.54) is 29.6 Å². The number of nitrogens with two attached hydrogens (primary N) is 1. The third kappa shape index (κ3) is 2.34. The molecule has 1 aliphatic rings. The molecule has 0 heterocycles. The second-order valence-corrected chi connectivity index (χ2v) is 6.19. The molecule has 1 aliphatic carbocycles. The van der Waals surface area contributed by atoms with Crippen LogP contribution in [0.25, 0.3) is 0 Å². The molecule has 0 aliphatic heterocycles. The van der Waals surface area contributed by atoms with E-state index >= 15 is 0 Å². The predicted molar refractivity (Wildman–Crippen MR) is 62.3 cm³/mol. The van der Waals surface area contributed by atoms with E-state index in [2.05, 4.69) is 0 Å². The zero-order chi connectivity index (χ0) is 12.6. The molecular weight excluding hydrogens is 243 g/mol. The molecule has 0 unspecified atom stereocenters. The van der Waals surface area contributed by atoms with E-state index in [9.17, 15) is 12.8 Å². The van der Waals surface area contributed by atoms with Gasteiger partial charge in [-0.15, -0.1) is 0 Å². The molecule has 0 bridgehead atoms. The lowest BCUT2D eigenvalue weighted by atomic mass is 10.2. The van der Waals surface area contributed by atoms with Crippen molar-refractivity contribution in [3.8, 4) is 0 Å². The van der Waals surface area contributed by atoms with Crippen molar-refractivity contribution in [2.75, 3.05) is 7.05 Å². The lowest BCUT2D eigenvalue weighted by Crippen LogP contribution is -2.29. The van der Waals surface area contributed by atoms with Gasteiger partial charge in [0.1, 0.15) is 10.7 Å². The van der Waals surface area contributed by atoms with E-state index in [0.717, 1.165) is 12.8 Å². The van der Waals surface area contributed by atoms with Gasteiger partial charge in [0, 0.05) is 19.6 Å². The lowest BCUT2D eigenvalue weighted by Gasteiger charge is -2.17. The van der Waals surface area contributed by atoms with Crippen molar-refractivity contribution >= 4 is 10.0 Å². The highest BCUT2D eigenvalue weighted by molar-refractivity contribution is 7.89. The van der Waals surface area contributed by atoms with E-state index in [0.29, 0.717) is 5.56 Å². The van der Waals surface area contributed by atoms with Gasteiger partial charge in [0.05, 0.1) is 0 Å². The molecule has 0 atom stereocenters. The van der Waals surface area contributed by atoms with Crippen LogP contribution in [0.4, 0.5) is 4.39 Å². The Morgan fingerprint density at radius 3 is 2.59 bits per heavy atom. The van der Waals surface area contributed by atoms with Gasteiger partial charge in [-0.25, -0.2) is 12.8 Å². The summed E-state index contributed by atoms with van der Waals surface area (Å²) < 4.78 is 39.1. The van der Waals surface area contributed by atoms with Crippen molar-refractivity contribution in [1.29, 1.82) is 0 Å². The molecular formula is C11H15FN2O2S. The molecule has 2 N–H and O–H groups in total. The summed E-state index contributed by atoms with van der Waals surface area (Å²) >= 11 is 0. The minimum atomic E-state index is -3.71. The first kappa shape index (κ1) is 12.5. The van der Waals surface area contributed by atoms with Gasteiger partial charge in [-0.05, 0) is 30.5 Å². The molecule has 1 saturated carbocycles. The fraction of sp³-hybridized carbons (Fsp3) is 0.455. The molecule has 0 radical (unpaired) electrons. The summed E-state index contributed by atoms with van der Waals surface area (Å²) in [7, 11) is -2.22. The predicted octanol–water partition coefficient (Wildman–Crippen LogP) is 1.07. The molecule has 4 nitrogen and oxygen atoms in total. The molecule has 0 saturated heterocycles. The Hall–Kier alpha value is -0.980. The van der Waals surface area contributed by atoms with Gasteiger partial charge in [0.15, 0.2) is 0 Å². The van der Waals surface area contributed by atoms with Crippen LogP contribution < -0.4 is 5.73 Å². The smallest absolute Gasteiger partial charge is 0.245 e. The Bertz CT molecular complexity index is 526. The van der Waals surface area contributed by atoms with Crippen LogP contribution in [0.1, 0.15) is 18.4 Å². The Morgan fingerprint density at radius 2 is 2.12 bits per heavy atom. The normalized spacial score (nSPS) is 16.5. The van der Waals surface area contributed by atoms with Crippen LogP contribution in [0.5, 0.6) is 0 Å². The molecule has 17 heavy (non-hydrogen) atoms. The summed E-state index contributed by atoms with van der Waals surface area (Å²) in [5.41, 5.74) is 5.95.